The number of aromatic nitrogens is 3. The van der Waals surface area contributed by atoms with Crippen molar-refractivity contribution in [2.75, 3.05) is 6.54 Å². The minimum atomic E-state index is -0.864. The first-order valence-corrected chi connectivity index (χ1v) is 8.23. The van der Waals surface area contributed by atoms with Gasteiger partial charge in [0.1, 0.15) is 17.4 Å². The van der Waals surface area contributed by atoms with Gasteiger partial charge in [-0.25, -0.2) is 18.2 Å². The van der Waals surface area contributed by atoms with E-state index in [0.717, 1.165) is 17.8 Å². The summed E-state index contributed by atoms with van der Waals surface area (Å²) >= 11 is 0. The minimum absolute atomic E-state index is 0.0795. The fourth-order valence-electron chi connectivity index (χ4n) is 2.85. The smallest absolute Gasteiger partial charge is 0.199 e. The molecule has 138 valence electrons. The van der Waals surface area contributed by atoms with Crippen molar-refractivity contribution in [2.24, 2.45) is 5.73 Å². The summed E-state index contributed by atoms with van der Waals surface area (Å²) in [4.78, 5) is 9.83. The van der Waals surface area contributed by atoms with Gasteiger partial charge >= 0.3 is 0 Å². The Hall–Kier alpha value is -3.26. The van der Waals surface area contributed by atoms with Crippen molar-refractivity contribution in [3.05, 3.63) is 65.9 Å². The predicted molar refractivity (Wildman–Crippen MR) is 95.0 cm³/mol. The molecule has 4 rings (SSSR count). The molecule has 0 aliphatic rings. The summed E-state index contributed by atoms with van der Waals surface area (Å²) < 4.78 is 48.4. The second-order valence-electron chi connectivity index (χ2n) is 5.98. The number of hydrogen-bond donors (Lipinski definition) is 3. The number of nitrogens with two attached hydrogens (primary N) is 1. The first-order chi connectivity index (χ1) is 13.1. The summed E-state index contributed by atoms with van der Waals surface area (Å²) in [5, 5.41) is 0.200. The Balaban J connectivity index is 1.71. The lowest BCUT2D eigenvalue weighted by molar-refractivity contribution is 0.410. The highest BCUT2D eigenvalue weighted by atomic mass is 19.1. The van der Waals surface area contributed by atoms with Crippen LogP contribution in [0.5, 0.6) is 11.5 Å². The maximum Gasteiger partial charge on any atom is 0.199 e. The molecule has 0 saturated heterocycles. The number of aromatic amines is 2. The molecular weight excluding hydrogens is 357 g/mol. The van der Waals surface area contributed by atoms with E-state index in [9.17, 15) is 13.2 Å². The Morgan fingerprint density at radius 1 is 1.07 bits per heavy atom. The number of benzene rings is 2. The van der Waals surface area contributed by atoms with Gasteiger partial charge in [-0.15, -0.1) is 0 Å². The maximum absolute atomic E-state index is 14.6. The molecule has 0 aliphatic carbocycles. The topological polar surface area (TPSA) is 79.7 Å². The minimum Gasteiger partial charge on any atom is -0.451 e. The van der Waals surface area contributed by atoms with E-state index in [2.05, 4.69) is 15.0 Å². The van der Waals surface area contributed by atoms with Crippen LogP contribution in [0.1, 0.15) is 5.69 Å². The molecule has 0 saturated carbocycles. The van der Waals surface area contributed by atoms with Crippen LogP contribution in [0.2, 0.25) is 0 Å². The molecule has 2 heterocycles. The largest absolute Gasteiger partial charge is 0.451 e. The summed E-state index contributed by atoms with van der Waals surface area (Å²) in [6.45, 7) is 0.424. The molecule has 5 nitrogen and oxygen atoms in total. The normalized spacial score (nSPS) is 11.3. The number of nitrogens with one attached hydrogen (secondary N) is 2. The van der Waals surface area contributed by atoms with E-state index in [1.807, 2.05) is 0 Å². The van der Waals surface area contributed by atoms with Crippen LogP contribution in [-0.4, -0.2) is 21.5 Å². The number of hydrogen-bond acceptors (Lipinski definition) is 3. The SMILES string of the molecule is NCCc1cnc(-c2cc(Oc3c(F)cc4[nH]ccc4c3F)ccc2F)[nH]1. The highest BCUT2D eigenvalue weighted by Crippen LogP contribution is 2.34. The van der Waals surface area contributed by atoms with E-state index in [1.165, 1.54) is 24.4 Å². The lowest BCUT2D eigenvalue weighted by atomic mass is 10.2. The van der Waals surface area contributed by atoms with E-state index in [1.54, 1.807) is 6.20 Å². The molecule has 0 aliphatic heterocycles. The molecule has 0 unspecified atom stereocenters. The average Bonchev–Trinajstić information content (AvgIpc) is 3.30. The van der Waals surface area contributed by atoms with Crippen molar-refractivity contribution in [2.45, 2.75) is 6.42 Å². The lowest BCUT2D eigenvalue weighted by Gasteiger charge is -2.10. The fourth-order valence-corrected chi connectivity index (χ4v) is 2.85. The number of imidazole rings is 1. The van der Waals surface area contributed by atoms with E-state index >= 15 is 0 Å². The van der Waals surface area contributed by atoms with Crippen molar-refractivity contribution in [3.63, 3.8) is 0 Å². The molecular formula is C19H15F3N4O. The summed E-state index contributed by atoms with van der Waals surface area (Å²) in [6, 6.07) is 6.41. The van der Waals surface area contributed by atoms with Crippen molar-refractivity contribution in [1.82, 2.24) is 15.0 Å². The highest BCUT2D eigenvalue weighted by molar-refractivity contribution is 5.82. The van der Waals surface area contributed by atoms with Crippen molar-refractivity contribution < 1.29 is 17.9 Å². The van der Waals surface area contributed by atoms with Gasteiger partial charge in [-0.1, -0.05) is 0 Å². The van der Waals surface area contributed by atoms with Crippen LogP contribution in [0, 0.1) is 17.5 Å². The van der Waals surface area contributed by atoms with Gasteiger partial charge in [0.25, 0.3) is 0 Å². The molecule has 0 bridgehead atoms. The zero-order chi connectivity index (χ0) is 19.0. The standard InChI is InChI=1S/C19H15F3N4O/c20-14-2-1-11(7-13(14)19-25-9-10(26-19)3-5-23)27-18-15(21)8-16-12(17(18)22)4-6-24-16/h1-2,4,6-9,24H,3,5,23H2,(H,25,26). The molecule has 0 amide bonds. The zero-order valence-corrected chi connectivity index (χ0v) is 14.0. The number of fused-ring (bicyclic) bond motifs is 1. The number of rotatable bonds is 5. The maximum atomic E-state index is 14.6. The van der Waals surface area contributed by atoms with Gasteiger partial charge in [-0.05, 0) is 30.8 Å². The summed E-state index contributed by atoms with van der Waals surface area (Å²) in [6.07, 6.45) is 3.63. The van der Waals surface area contributed by atoms with Crippen molar-refractivity contribution in [3.8, 4) is 22.9 Å². The van der Waals surface area contributed by atoms with Gasteiger partial charge in [0.05, 0.1) is 11.1 Å². The second-order valence-corrected chi connectivity index (χ2v) is 5.98. The molecule has 0 fully saturated rings. The Morgan fingerprint density at radius 3 is 2.74 bits per heavy atom. The molecule has 27 heavy (non-hydrogen) atoms. The van der Waals surface area contributed by atoms with Crippen LogP contribution in [0.4, 0.5) is 13.2 Å². The summed E-state index contributed by atoms with van der Waals surface area (Å²) in [5.74, 6) is -2.43. The van der Waals surface area contributed by atoms with E-state index in [0.29, 0.717) is 18.5 Å². The second kappa shape index (κ2) is 6.81. The number of nitrogens with zero attached hydrogens (tertiary/aromatic N) is 1. The van der Waals surface area contributed by atoms with Gasteiger partial charge in [0, 0.05) is 36.0 Å². The third kappa shape index (κ3) is 3.15. The average molecular weight is 372 g/mol. The lowest BCUT2D eigenvalue weighted by Crippen LogP contribution is -2.02. The first kappa shape index (κ1) is 17.2. The highest BCUT2D eigenvalue weighted by Gasteiger charge is 2.18. The van der Waals surface area contributed by atoms with Crippen molar-refractivity contribution >= 4 is 10.9 Å². The van der Waals surface area contributed by atoms with Crippen molar-refractivity contribution in [1.29, 1.82) is 0 Å². The molecule has 0 spiro atoms. The number of ether oxygens (including phenoxy) is 1. The van der Waals surface area contributed by atoms with Crippen LogP contribution in [0.3, 0.4) is 0 Å². The van der Waals surface area contributed by atoms with Gasteiger partial charge < -0.3 is 20.4 Å². The quantitative estimate of drug-likeness (QED) is 0.489. The Morgan fingerprint density at radius 2 is 1.93 bits per heavy atom. The third-order valence-electron chi connectivity index (χ3n) is 4.16. The fraction of sp³-hybridized carbons (Fsp3) is 0.105. The van der Waals surface area contributed by atoms with Gasteiger partial charge in [-0.3, -0.25) is 0 Å². The van der Waals surface area contributed by atoms with E-state index < -0.39 is 23.2 Å². The van der Waals surface area contributed by atoms with E-state index in [-0.39, 0.29) is 22.5 Å². The zero-order valence-electron chi connectivity index (χ0n) is 14.0. The molecule has 8 heteroatoms. The van der Waals surface area contributed by atoms with Crippen LogP contribution in [0.25, 0.3) is 22.3 Å². The van der Waals surface area contributed by atoms with E-state index in [4.69, 9.17) is 10.5 Å². The Bertz CT molecular complexity index is 1120. The van der Waals surface area contributed by atoms with Crippen LogP contribution < -0.4 is 10.5 Å². The van der Waals surface area contributed by atoms with Gasteiger partial charge in [0.2, 0.25) is 0 Å². The molecule has 2 aromatic heterocycles. The third-order valence-corrected chi connectivity index (χ3v) is 4.16. The Labute approximate surface area is 152 Å². The monoisotopic (exact) mass is 372 g/mol. The molecule has 0 radical (unpaired) electrons. The molecule has 2 aromatic carbocycles. The predicted octanol–water partition coefficient (Wildman–Crippen LogP) is 4.27. The molecule has 4 N–H and O–H groups in total. The molecule has 0 atom stereocenters. The number of H-pyrrole nitrogens is 2. The van der Waals surface area contributed by atoms with Crippen LogP contribution >= 0.6 is 0 Å². The number of halogens is 3. The van der Waals surface area contributed by atoms with Gasteiger partial charge in [-0.2, -0.15) is 0 Å². The Kier molecular flexibility index (Phi) is 4.33. The van der Waals surface area contributed by atoms with Gasteiger partial charge in [0.15, 0.2) is 17.4 Å². The summed E-state index contributed by atoms with van der Waals surface area (Å²) in [7, 11) is 0. The van der Waals surface area contributed by atoms with Crippen LogP contribution in [0.15, 0.2) is 42.7 Å². The van der Waals surface area contributed by atoms with Crippen LogP contribution in [-0.2, 0) is 6.42 Å². The molecule has 4 aromatic rings. The first-order valence-electron chi connectivity index (χ1n) is 8.23. The summed E-state index contributed by atoms with van der Waals surface area (Å²) in [5.41, 5.74) is 6.69.